The van der Waals surface area contributed by atoms with Gasteiger partial charge in [-0.3, -0.25) is 20.0 Å². The van der Waals surface area contributed by atoms with Gasteiger partial charge in [0.25, 0.3) is 11.1 Å². The number of aromatic nitrogens is 5. The Morgan fingerprint density at radius 2 is 2.00 bits per heavy atom. The monoisotopic (exact) mass is 544 g/mol. The Balaban J connectivity index is 1.16. The quantitative estimate of drug-likeness (QED) is 0.382. The number of piperidine rings is 1. The number of alkyl halides is 3. The van der Waals surface area contributed by atoms with Crippen molar-refractivity contribution in [3.05, 3.63) is 58.6 Å². The van der Waals surface area contributed by atoms with Crippen LogP contribution in [0.5, 0.6) is 0 Å². The van der Waals surface area contributed by atoms with Crippen LogP contribution in [0.2, 0.25) is 0 Å². The Bertz CT molecular complexity index is 1350. The van der Waals surface area contributed by atoms with Crippen LogP contribution < -0.4 is 15.5 Å². The molecule has 3 aromatic rings. The molecule has 5 heterocycles. The largest absolute Gasteiger partial charge is 0.433 e. The number of thioether (sulfide) groups is 1. The van der Waals surface area contributed by atoms with Crippen LogP contribution in [-0.2, 0) is 17.5 Å². The van der Waals surface area contributed by atoms with E-state index in [9.17, 15) is 22.8 Å². The minimum atomic E-state index is -4.54. The van der Waals surface area contributed by atoms with Gasteiger partial charge < -0.3 is 10.2 Å². The van der Waals surface area contributed by atoms with Gasteiger partial charge in [-0.2, -0.15) is 18.3 Å². The molecule has 0 aromatic carbocycles. The molecule has 2 aliphatic rings. The van der Waals surface area contributed by atoms with Crippen molar-refractivity contribution in [2.45, 2.75) is 25.6 Å². The van der Waals surface area contributed by atoms with E-state index in [1.165, 1.54) is 12.4 Å². The summed E-state index contributed by atoms with van der Waals surface area (Å²) in [7, 11) is 0. The number of nitrogens with one attached hydrogen (secondary N) is 3. The molecule has 2 saturated heterocycles. The first-order valence-electron chi connectivity index (χ1n) is 11.9. The lowest BCUT2D eigenvalue weighted by molar-refractivity contribution is -0.141. The first kappa shape index (κ1) is 25.9. The molecule has 0 aliphatic carbocycles. The Morgan fingerprint density at radius 1 is 1.18 bits per heavy atom. The van der Waals surface area contributed by atoms with Crippen LogP contribution in [0.15, 0.2) is 41.7 Å². The number of carbonyl (C=O) groups is 2. The molecule has 0 spiro atoms. The van der Waals surface area contributed by atoms with Crippen LogP contribution >= 0.6 is 11.8 Å². The maximum absolute atomic E-state index is 13.4. The Labute approximate surface area is 219 Å². The zero-order valence-corrected chi connectivity index (χ0v) is 20.8. The van der Waals surface area contributed by atoms with Gasteiger partial charge in [-0.15, -0.1) is 0 Å². The Kier molecular flexibility index (Phi) is 7.42. The fourth-order valence-electron chi connectivity index (χ4n) is 4.28. The summed E-state index contributed by atoms with van der Waals surface area (Å²) in [6.07, 6.45) is 3.30. The lowest BCUT2D eigenvalue weighted by Gasteiger charge is -2.32. The fraction of sp³-hybridized carbons (Fsp3) is 0.333. The zero-order valence-electron chi connectivity index (χ0n) is 20.0. The average Bonchev–Trinajstić information content (AvgIpc) is 3.54. The van der Waals surface area contributed by atoms with E-state index < -0.39 is 23.0 Å². The molecule has 2 amide bonds. The second kappa shape index (κ2) is 10.9. The van der Waals surface area contributed by atoms with Crippen LogP contribution in [0, 0.1) is 5.92 Å². The molecular formula is C24H23F3N8O2S. The molecule has 10 nitrogen and oxygen atoms in total. The van der Waals surface area contributed by atoms with Crippen molar-refractivity contribution in [3.63, 3.8) is 0 Å². The number of pyridine rings is 1. The van der Waals surface area contributed by atoms with Gasteiger partial charge in [-0.05, 0) is 66.9 Å². The third kappa shape index (κ3) is 6.19. The minimum Gasteiger partial charge on any atom is -0.341 e. The summed E-state index contributed by atoms with van der Waals surface area (Å²) < 4.78 is 40.1. The predicted molar refractivity (Wildman–Crippen MR) is 135 cm³/mol. The van der Waals surface area contributed by atoms with Crippen LogP contribution in [-0.4, -0.2) is 55.9 Å². The highest BCUT2D eigenvalue weighted by molar-refractivity contribution is 8.18. The number of H-pyrrole nitrogens is 1. The molecule has 2 aliphatic heterocycles. The first-order valence-corrected chi connectivity index (χ1v) is 12.7. The molecule has 0 atom stereocenters. The van der Waals surface area contributed by atoms with Crippen LogP contribution in [0.1, 0.15) is 29.8 Å². The zero-order chi connectivity index (χ0) is 26.7. The van der Waals surface area contributed by atoms with Crippen molar-refractivity contribution in [2.24, 2.45) is 5.92 Å². The standard InChI is InChI=1S/C24H23F3N8O2S/c25-24(26,27)20-8-15(7-18(33-20)16-12-30-31-13-16)11-28-10-14-2-5-35(6-3-14)22-29-4-1-17(32-22)9-19-21(36)34-23(37)38-19/h1,4,7-9,12-14,28H,2-3,5-6,10-11H2,(H,30,31)(H,34,36,37)/b19-9-. The van der Waals surface area contributed by atoms with Crippen LogP contribution in [0.3, 0.4) is 0 Å². The molecule has 3 aromatic heterocycles. The molecule has 3 N–H and O–H groups in total. The number of hydrogen-bond donors (Lipinski definition) is 3. The van der Waals surface area contributed by atoms with Gasteiger partial charge in [0.05, 0.1) is 22.5 Å². The van der Waals surface area contributed by atoms with Crippen molar-refractivity contribution >= 4 is 34.9 Å². The summed E-state index contributed by atoms with van der Waals surface area (Å²) in [5.74, 6) is 0.453. The van der Waals surface area contributed by atoms with Crippen LogP contribution in [0.4, 0.5) is 23.9 Å². The number of amides is 2. The second-order valence-electron chi connectivity index (χ2n) is 8.93. The molecule has 198 valence electrons. The third-order valence-corrected chi connectivity index (χ3v) is 7.03. The molecule has 0 radical (unpaired) electrons. The molecule has 5 rings (SSSR count). The van der Waals surface area contributed by atoms with Crippen LogP contribution in [0.25, 0.3) is 17.3 Å². The molecule has 38 heavy (non-hydrogen) atoms. The van der Waals surface area contributed by atoms with Gasteiger partial charge in [0.2, 0.25) is 5.95 Å². The van der Waals surface area contributed by atoms with E-state index in [0.717, 1.165) is 43.8 Å². The highest BCUT2D eigenvalue weighted by Crippen LogP contribution is 2.31. The lowest BCUT2D eigenvalue weighted by Crippen LogP contribution is -2.38. The summed E-state index contributed by atoms with van der Waals surface area (Å²) in [5, 5.41) is 11.5. The van der Waals surface area contributed by atoms with Crippen molar-refractivity contribution < 1.29 is 22.8 Å². The summed E-state index contributed by atoms with van der Waals surface area (Å²) >= 11 is 0.835. The maximum Gasteiger partial charge on any atom is 0.433 e. The molecule has 2 fully saturated rings. The number of anilines is 1. The van der Waals surface area contributed by atoms with Gasteiger partial charge in [0, 0.05) is 37.6 Å². The molecule has 0 bridgehead atoms. The van der Waals surface area contributed by atoms with Crippen molar-refractivity contribution in [1.82, 2.24) is 35.8 Å². The SMILES string of the molecule is O=C1NC(=O)/C(=C/c2ccnc(N3CCC(CNCc4cc(-c5cn[nH]c5)nc(C(F)(F)F)c4)CC3)n2)S1. The number of imide groups is 1. The second-order valence-corrected chi connectivity index (χ2v) is 9.94. The van der Waals surface area contributed by atoms with Gasteiger partial charge in [-0.1, -0.05) is 0 Å². The fourth-order valence-corrected chi connectivity index (χ4v) is 4.95. The molecule has 14 heteroatoms. The average molecular weight is 545 g/mol. The number of nitrogens with zero attached hydrogens (tertiary/aromatic N) is 5. The van der Waals surface area contributed by atoms with E-state index in [2.05, 4.69) is 40.7 Å². The van der Waals surface area contributed by atoms with Crippen molar-refractivity contribution in [3.8, 4) is 11.3 Å². The van der Waals surface area contributed by atoms with Gasteiger partial charge in [0.1, 0.15) is 5.69 Å². The number of hydrogen-bond acceptors (Lipinski definition) is 9. The maximum atomic E-state index is 13.4. The first-order chi connectivity index (χ1) is 18.2. The van der Waals surface area contributed by atoms with E-state index in [0.29, 0.717) is 35.2 Å². The van der Waals surface area contributed by atoms with E-state index >= 15 is 0 Å². The topological polar surface area (TPSA) is 129 Å². The van der Waals surface area contributed by atoms with Gasteiger partial charge >= 0.3 is 6.18 Å². The summed E-state index contributed by atoms with van der Waals surface area (Å²) in [5.41, 5.74) is 0.812. The normalized spacial score (nSPS) is 17.9. The van der Waals surface area contributed by atoms with E-state index in [-0.39, 0.29) is 17.1 Å². The number of rotatable bonds is 7. The van der Waals surface area contributed by atoms with E-state index in [1.54, 1.807) is 24.4 Å². The van der Waals surface area contributed by atoms with Gasteiger partial charge in [0.15, 0.2) is 0 Å². The number of aromatic amines is 1. The Morgan fingerprint density at radius 3 is 2.68 bits per heavy atom. The summed E-state index contributed by atoms with van der Waals surface area (Å²) in [6.45, 7) is 2.38. The highest BCUT2D eigenvalue weighted by Gasteiger charge is 2.33. The van der Waals surface area contributed by atoms with E-state index in [1.807, 2.05) is 0 Å². The highest BCUT2D eigenvalue weighted by atomic mass is 32.2. The lowest BCUT2D eigenvalue weighted by atomic mass is 9.97. The molecule has 0 saturated carbocycles. The number of halogens is 3. The summed E-state index contributed by atoms with van der Waals surface area (Å²) in [6, 6.07) is 4.38. The minimum absolute atomic E-state index is 0.218. The van der Waals surface area contributed by atoms with Crippen molar-refractivity contribution in [1.29, 1.82) is 0 Å². The summed E-state index contributed by atoms with van der Waals surface area (Å²) in [4.78, 5) is 38.1. The van der Waals surface area contributed by atoms with Gasteiger partial charge in [-0.25, -0.2) is 15.0 Å². The predicted octanol–water partition coefficient (Wildman–Crippen LogP) is 3.61. The van der Waals surface area contributed by atoms with E-state index in [4.69, 9.17) is 0 Å². The third-order valence-electron chi connectivity index (χ3n) is 6.21. The molecular weight excluding hydrogens is 521 g/mol. The Hall–Kier alpha value is -3.78. The number of carbonyl (C=O) groups excluding carboxylic acids is 2. The smallest absolute Gasteiger partial charge is 0.341 e. The van der Waals surface area contributed by atoms with Crippen molar-refractivity contribution in [2.75, 3.05) is 24.5 Å². The molecule has 0 unspecified atom stereocenters.